The van der Waals surface area contributed by atoms with Crippen molar-refractivity contribution < 1.29 is 23.9 Å². The summed E-state index contributed by atoms with van der Waals surface area (Å²) in [7, 11) is 0. The summed E-state index contributed by atoms with van der Waals surface area (Å²) in [6, 6.07) is 0. The molecular formula is C30H43N3O5. The Hall–Kier alpha value is -2.34. The highest BCUT2D eigenvalue weighted by molar-refractivity contribution is 6.03. The van der Waals surface area contributed by atoms with Crippen molar-refractivity contribution in [2.45, 2.75) is 109 Å². The van der Waals surface area contributed by atoms with E-state index >= 15 is 0 Å². The number of hydrogen-bond donors (Lipinski definition) is 0. The first-order chi connectivity index (χ1) is 18.3. The van der Waals surface area contributed by atoms with Crippen LogP contribution in [0.25, 0.3) is 10.4 Å². The molecule has 0 N–H and O–H groups in total. The van der Waals surface area contributed by atoms with E-state index in [1.54, 1.807) is 0 Å². The number of allylic oxidation sites excluding steroid dienone is 1. The number of rotatable bonds is 11. The predicted octanol–water partition coefficient (Wildman–Crippen LogP) is 6.62. The molecule has 3 unspecified atom stereocenters. The van der Waals surface area contributed by atoms with Gasteiger partial charge in [0.25, 0.3) is 0 Å². The van der Waals surface area contributed by atoms with Gasteiger partial charge in [0.1, 0.15) is 6.10 Å². The molecule has 208 valence electrons. The normalized spacial score (nSPS) is 39.0. The Morgan fingerprint density at radius 1 is 1.05 bits per heavy atom. The maximum atomic E-state index is 13.9. The fourth-order valence-electron chi connectivity index (χ4n) is 9.24. The number of ketones is 1. The number of ether oxygens (including phenoxy) is 2. The summed E-state index contributed by atoms with van der Waals surface area (Å²) in [5.41, 5.74) is 7.39. The summed E-state index contributed by atoms with van der Waals surface area (Å²) in [5, 5.41) is 3.56. The summed E-state index contributed by atoms with van der Waals surface area (Å²) < 4.78 is 12.1. The monoisotopic (exact) mass is 525 g/mol. The van der Waals surface area contributed by atoms with Crippen LogP contribution >= 0.6 is 0 Å². The fourth-order valence-corrected chi connectivity index (χ4v) is 9.24. The minimum Gasteiger partial charge on any atom is -0.465 e. The van der Waals surface area contributed by atoms with E-state index in [1.165, 1.54) is 0 Å². The molecule has 0 amide bonds. The molecule has 6 aliphatic rings. The van der Waals surface area contributed by atoms with E-state index in [0.717, 1.165) is 77.0 Å². The van der Waals surface area contributed by atoms with E-state index in [4.69, 9.17) is 15.0 Å². The number of esters is 2. The third-order valence-electron chi connectivity index (χ3n) is 11.1. The number of carbonyl (C=O) groups excluding carboxylic acids is 3. The second-order valence-corrected chi connectivity index (χ2v) is 13.0. The Balaban J connectivity index is 1.25. The molecule has 8 heteroatoms. The smallest absolute Gasteiger partial charge is 0.312 e. The highest BCUT2D eigenvalue weighted by Gasteiger charge is 2.76. The molecule has 0 aromatic rings. The van der Waals surface area contributed by atoms with Gasteiger partial charge in [-0.2, -0.15) is 0 Å². The molecule has 1 saturated heterocycles. The molecule has 4 bridgehead atoms. The zero-order chi connectivity index (χ0) is 27.0. The maximum absolute atomic E-state index is 13.9. The molecule has 38 heavy (non-hydrogen) atoms. The number of cyclic esters (lactones) is 1. The summed E-state index contributed by atoms with van der Waals surface area (Å²) in [6.45, 7) is 7.38. The lowest BCUT2D eigenvalue weighted by Crippen LogP contribution is -2.73. The fraction of sp³-hybridized carbons (Fsp3) is 0.833. The van der Waals surface area contributed by atoms with Gasteiger partial charge in [0.2, 0.25) is 0 Å². The predicted molar refractivity (Wildman–Crippen MR) is 142 cm³/mol. The number of unbranched alkanes of at least 4 members (excludes halogenated alkanes) is 6. The van der Waals surface area contributed by atoms with E-state index < -0.39 is 16.9 Å². The summed E-state index contributed by atoms with van der Waals surface area (Å²) in [5.74, 6) is -0.208. The number of nitrogens with zero attached hydrogens (tertiary/aromatic N) is 3. The van der Waals surface area contributed by atoms with E-state index in [1.807, 2.05) is 0 Å². The zero-order valence-electron chi connectivity index (χ0n) is 22.9. The molecule has 8 nitrogen and oxygen atoms in total. The Labute approximate surface area is 225 Å². The Morgan fingerprint density at radius 2 is 1.79 bits per heavy atom. The first-order valence-electron chi connectivity index (χ1n) is 14.9. The third-order valence-corrected chi connectivity index (χ3v) is 11.1. The standard InChI is InChI=1S/C30H43N3O5/c1-20-21-12-15-30(26(20)35)23(17-21)29-14-10-13-28(2,19-37-27(29)36)22(29)18-24(30)38-25(34)11-8-6-4-3-5-7-9-16-32-33-31/h21-24H,1,3-19H2,2H3/t21-,22?,23?,24+,28-,29-,30?/m0/s1. The van der Waals surface area contributed by atoms with Crippen LogP contribution in [0, 0.1) is 34.0 Å². The number of Topliss-reactive ketones (excluding diaryl/α,β-unsaturated/α-hetero) is 1. The number of hydrogen-bond acceptors (Lipinski definition) is 6. The van der Waals surface area contributed by atoms with E-state index in [2.05, 4.69) is 23.5 Å². The molecule has 7 atom stereocenters. The quantitative estimate of drug-likeness (QED) is 0.0749. The van der Waals surface area contributed by atoms with Gasteiger partial charge in [-0.15, -0.1) is 0 Å². The van der Waals surface area contributed by atoms with Gasteiger partial charge >= 0.3 is 11.9 Å². The highest BCUT2D eigenvalue weighted by Crippen LogP contribution is 2.73. The van der Waals surface area contributed by atoms with Crippen molar-refractivity contribution >= 4 is 17.7 Å². The molecule has 0 aromatic heterocycles. The van der Waals surface area contributed by atoms with Crippen LogP contribution in [0.2, 0.25) is 0 Å². The molecule has 6 fully saturated rings. The van der Waals surface area contributed by atoms with Gasteiger partial charge in [-0.05, 0) is 80.2 Å². The van der Waals surface area contributed by atoms with Crippen molar-refractivity contribution in [3.63, 3.8) is 0 Å². The third kappa shape index (κ3) is 4.27. The molecule has 0 radical (unpaired) electrons. The SMILES string of the molecule is C=C1C(=O)C23CC[C@H]1CC2[C@@]12CCC[C@@](C)(COC1=O)C2C[C@H]3OC(=O)CCCCCCCCCN=[N+]=[N-]. The lowest BCUT2D eigenvalue weighted by atomic mass is 9.35. The topological polar surface area (TPSA) is 118 Å². The van der Waals surface area contributed by atoms with Crippen molar-refractivity contribution in [3.05, 3.63) is 22.6 Å². The van der Waals surface area contributed by atoms with Crippen LogP contribution in [0.5, 0.6) is 0 Å². The van der Waals surface area contributed by atoms with E-state index in [9.17, 15) is 14.4 Å². The second kappa shape index (κ2) is 10.7. The van der Waals surface area contributed by atoms with Crippen LogP contribution in [-0.4, -0.2) is 37.0 Å². The molecule has 0 aromatic carbocycles. The van der Waals surface area contributed by atoms with Crippen LogP contribution in [0.15, 0.2) is 17.3 Å². The Morgan fingerprint density at radius 3 is 2.55 bits per heavy atom. The number of carbonyl (C=O) groups is 3. The Bertz CT molecular complexity index is 1040. The van der Waals surface area contributed by atoms with E-state index in [-0.39, 0.29) is 40.9 Å². The van der Waals surface area contributed by atoms with E-state index in [0.29, 0.717) is 38.0 Å². The van der Waals surface area contributed by atoms with Crippen molar-refractivity contribution in [2.75, 3.05) is 13.2 Å². The van der Waals surface area contributed by atoms with Gasteiger partial charge in [0, 0.05) is 23.3 Å². The largest absolute Gasteiger partial charge is 0.465 e. The van der Waals surface area contributed by atoms with Crippen molar-refractivity contribution in [1.82, 2.24) is 0 Å². The lowest BCUT2D eigenvalue weighted by molar-refractivity contribution is -0.257. The minimum atomic E-state index is -0.831. The summed E-state index contributed by atoms with van der Waals surface area (Å²) >= 11 is 0. The van der Waals surface area contributed by atoms with Crippen molar-refractivity contribution in [3.8, 4) is 0 Å². The number of azide groups is 1. The van der Waals surface area contributed by atoms with Gasteiger partial charge in [0.05, 0.1) is 17.4 Å². The second-order valence-electron chi connectivity index (χ2n) is 13.0. The first kappa shape index (κ1) is 27.2. The average Bonchev–Trinajstić information content (AvgIpc) is 2.90. The van der Waals surface area contributed by atoms with Crippen LogP contribution < -0.4 is 0 Å². The van der Waals surface area contributed by atoms with Gasteiger partial charge in [-0.1, -0.05) is 57.1 Å². The van der Waals surface area contributed by atoms with Crippen molar-refractivity contribution in [2.24, 2.45) is 39.1 Å². The molecule has 1 spiro atoms. The molecule has 1 heterocycles. The summed E-state index contributed by atoms with van der Waals surface area (Å²) in [4.78, 5) is 43.4. The zero-order valence-corrected chi connectivity index (χ0v) is 22.9. The lowest BCUT2D eigenvalue weighted by Gasteiger charge is -2.69. The number of fused-ring (bicyclic) bond motifs is 2. The molecule has 6 rings (SSSR count). The maximum Gasteiger partial charge on any atom is 0.312 e. The van der Waals surface area contributed by atoms with Gasteiger partial charge in [-0.3, -0.25) is 14.4 Å². The van der Waals surface area contributed by atoms with Crippen molar-refractivity contribution in [1.29, 1.82) is 0 Å². The highest BCUT2D eigenvalue weighted by atomic mass is 16.5. The van der Waals surface area contributed by atoms with Gasteiger partial charge in [0.15, 0.2) is 5.78 Å². The van der Waals surface area contributed by atoms with Gasteiger partial charge in [-0.25, -0.2) is 0 Å². The first-order valence-corrected chi connectivity index (χ1v) is 14.9. The molecule has 5 saturated carbocycles. The molecular weight excluding hydrogens is 482 g/mol. The van der Waals surface area contributed by atoms with Crippen LogP contribution in [0.4, 0.5) is 0 Å². The molecule has 5 aliphatic carbocycles. The minimum absolute atomic E-state index is 0.0433. The van der Waals surface area contributed by atoms with Crippen LogP contribution in [-0.2, 0) is 23.9 Å². The molecule has 1 aliphatic heterocycles. The summed E-state index contributed by atoms with van der Waals surface area (Å²) in [6.07, 6.45) is 12.6. The van der Waals surface area contributed by atoms with Gasteiger partial charge < -0.3 is 9.47 Å². The Kier molecular flexibility index (Phi) is 7.65. The van der Waals surface area contributed by atoms with Crippen LogP contribution in [0.1, 0.15) is 103 Å². The average molecular weight is 526 g/mol. The van der Waals surface area contributed by atoms with Crippen LogP contribution in [0.3, 0.4) is 0 Å².